The average molecular weight is 355 g/mol. The molecule has 0 fully saturated rings. The molecule has 1 N–H and O–H groups in total. The Morgan fingerprint density at radius 2 is 1.84 bits per heavy atom. The zero-order valence-electron chi connectivity index (χ0n) is 13.2. The fourth-order valence-electron chi connectivity index (χ4n) is 2.43. The molecule has 1 heterocycles. The van der Waals surface area contributed by atoms with Crippen molar-refractivity contribution in [3.05, 3.63) is 71.4 Å². The summed E-state index contributed by atoms with van der Waals surface area (Å²) in [7, 11) is 0. The van der Waals surface area contributed by atoms with E-state index in [-0.39, 0.29) is 13.0 Å². The zero-order chi connectivity index (χ0) is 17.6. The van der Waals surface area contributed by atoms with E-state index < -0.39 is 11.9 Å². The zero-order valence-corrected chi connectivity index (χ0v) is 14.0. The van der Waals surface area contributed by atoms with Gasteiger partial charge in [0, 0.05) is 6.20 Å². The van der Waals surface area contributed by atoms with Gasteiger partial charge in [-0.25, -0.2) is 4.98 Å². The summed E-state index contributed by atoms with van der Waals surface area (Å²) in [6.07, 6.45) is 1.53. The number of carbonyl (C=O) groups is 2. The number of aromatic nitrogens is 1. The van der Waals surface area contributed by atoms with E-state index in [1.54, 1.807) is 12.1 Å². The molecule has 0 aliphatic heterocycles. The molecule has 25 heavy (non-hydrogen) atoms. The average Bonchev–Trinajstić information content (AvgIpc) is 2.62. The van der Waals surface area contributed by atoms with Gasteiger partial charge in [-0.3, -0.25) is 9.59 Å². The van der Waals surface area contributed by atoms with Gasteiger partial charge in [0.15, 0.2) is 6.61 Å². The molecule has 2 aromatic carbocycles. The summed E-state index contributed by atoms with van der Waals surface area (Å²) < 4.78 is 5.05. The van der Waals surface area contributed by atoms with Crippen molar-refractivity contribution in [2.45, 2.75) is 6.42 Å². The Labute approximate surface area is 149 Å². The summed E-state index contributed by atoms with van der Waals surface area (Å²) in [5, 5.41) is 5.06. The molecule has 0 saturated carbocycles. The molecule has 0 aliphatic rings. The van der Waals surface area contributed by atoms with Gasteiger partial charge in [-0.1, -0.05) is 54.1 Å². The van der Waals surface area contributed by atoms with Crippen molar-refractivity contribution in [2.75, 3.05) is 11.9 Å². The lowest BCUT2D eigenvalue weighted by molar-refractivity contribution is -0.146. The van der Waals surface area contributed by atoms with E-state index in [2.05, 4.69) is 10.3 Å². The second-order valence-electron chi connectivity index (χ2n) is 5.39. The van der Waals surface area contributed by atoms with Crippen LogP contribution in [0.3, 0.4) is 0 Å². The highest BCUT2D eigenvalue weighted by Gasteiger charge is 2.11. The van der Waals surface area contributed by atoms with Crippen LogP contribution in [0.5, 0.6) is 0 Å². The lowest BCUT2D eigenvalue weighted by Crippen LogP contribution is -2.22. The van der Waals surface area contributed by atoms with Crippen LogP contribution < -0.4 is 5.32 Å². The van der Waals surface area contributed by atoms with Crippen LogP contribution in [0.1, 0.15) is 5.56 Å². The predicted octanol–water partition coefficient (Wildman–Crippen LogP) is 3.61. The molecule has 3 rings (SSSR count). The molecule has 0 bridgehead atoms. The number of nitrogens with one attached hydrogen (secondary N) is 1. The molecule has 1 amide bonds. The van der Waals surface area contributed by atoms with Crippen molar-refractivity contribution >= 4 is 40.1 Å². The van der Waals surface area contributed by atoms with Gasteiger partial charge in [-0.05, 0) is 28.5 Å². The Kier molecular flexibility index (Phi) is 5.26. The van der Waals surface area contributed by atoms with Crippen molar-refractivity contribution in [1.29, 1.82) is 0 Å². The van der Waals surface area contributed by atoms with E-state index >= 15 is 0 Å². The molecular formula is C19H15ClN2O3. The summed E-state index contributed by atoms with van der Waals surface area (Å²) in [6, 6.07) is 16.7. The predicted molar refractivity (Wildman–Crippen MR) is 96.5 cm³/mol. The quantitative estimate of drug-likeness (QED) is 0.711. The Morgan fingerprint density at radius 3 is 2.64 bits per heavy atom. The van der Waals surface area contributed by atoms with E-state index in [0.29, 0.717) is 10.8 Å². The van der Waals surface area contributed by atoms with Crippen molar-refractivity contribution < 1.29 is 14.3 Å². The van der Waals surface area contributed by atoms with Gasteiger partial charge in [0.1, 0.15) is 5.82 Å². The van der Waals surface area contributed by atoms with Gasteiger partial charge < -0.3 is 10.1 Å². The summed E-state index contributed by atoms with van der Waals surface area (Å²) in [5.74, 6) is -0.573. The van der Waals surface area contributed by atoms with E-state index in [0.717, 1.165) is 16.3 Å². The highest BCUT2D eigenvalue weighted by Crippen LogP contribution is 2.19. The maximum Gasteiger partial charge on any atom is 0.310 e. The van der Waals surface area contributed by atoms with Crippen molar-refractivity contribution in [3.63, 3.8) is 0 Å². The number of pyridine rings is 1. The molecule has 0 unspecified atom stereocenters. The third kappa shape index (κ3) is 4.55. The SMILES string of the molecule is O=C(COC(=O)Cc1cccc2ccccc12)Nc1ccc(Cl)cn1. The molecule has 6 heteroatoms. The Bertz CT molecular complexity index is 905. The third-order valence-electron chi connectivity index (χ3n) is 3.57. The van der Waals surface area contributed by atoms with Crippen LogP contribution in [0.15, 0.2) is 60.8 Å². The molecule has 0 saturated heterocycles. The number of esters is 1. The first-order valence-corrected chi connectivity index (χ1v) is 8.03. The summed E-state index contributed by atoms with van der Waals surface area (Å²) in [4.78, 5) is 27.8. The van der Waals surface area contributed by atoms with E-state index in [1.165, 1.54) is 6.20 Å². The summed E-state index contributed by atoms with van der Waals surface area (Å²) in [5.41, 5.74) is 0.864. The minimum Gasteiger partial charge on any atom is -0.455 e. The maximum absolute atomic E-state index is 12.0. The molecule has 0 spiro atoms. The van der Waals surface area contributed by atoms with Crippen LogP contribution in [-0.2, 0) is 20.7 Å². The molecule has 1 aromatic heterocycles. The number of halogens is 1. The normalized spacial score (nSPS) is 10.4. The number of anilines is 1. The van der Waals surface area contributed by atoms with Gasteiger partial charge in [-0.15, -0.1) is 0 Å². The molecule has 0 atom stereocenters. The summed E-state index contributed by atoms with van der Waals surface area (Å²) >= 11 is 5.72. The van der Waals surface area contributed by atoms with E-state index in [1.807, 2.05) is 42.5 Å². The topological polar surface area (TPSA) is 68.3 Å². The monoisotopic (exact) mass is 354 g/mol. The number of nitrogens with zero attached hydrogens (tertiary/aromatic N) is 1. The standard InChI is InChI=1S/C19H15ClN2O3/c20-15-8-9-17(21-11-15)22-18(23)12-25-19(24)10-14-6-3-5-13-4-1-2-7-16(13)14/h1-9,11H,10,12H2,(H,21,22,23). The number of amides is 1. The number of rotatable bonds is 5. The van der Waals surface area contributed by atoms with Gasteiger partial charge in [0.05, 0.1) is 11.4 Å². The molecule has 0 aliphatic carbocycles. The Morgan fingerprint density at radius 1 is 1.04 bits per heavy atom. The van der Waals surface area contributed by atoms with Crippen molar-refractivity contribution in [2.24, 2.45) is 0 Å². The first kappa shape index (κ1) is 16.9. The highest BCUT2D eigenvalue weighted by atomic mass is 35.5. The lowest BCUT2D eigenvalue weighted by atomic mass is 10.0. The van der Waals surface area contributed by atoms with Crippen LogP contribution in [0, 0.1) is 0 Å². The van der Waals surface area contributed by atoms with Crippen LogP contribution in [-0.4, -0.2) is 23.5 Å². The summed E-state index contributed by atoms with van der Waals surface area (Å²) in [6.45, 7) is -0.367. The van der Waals surface area contributed by atoms with Crippen LogP contribution in [0.2, 0.25) is 5.02 Å². The number of fused-ring (bicyclic) bond motifs is 1. The molecule has 5 nitrogen and oxygen atoms in total. The molecular weight excluding hydrogens is 340 g/mol. The van der Waals surface area contributed by atoms with Crippen LogP contribution in [0.4, 0.5) is 5.82 Å². The first-order valence-electron chi connectivity index (χ1n) is 7.65. The fraction of sp³-hybridized carbons (Fsp3) is 0.105. The second-order valence-corrected chi connectivity index (χ2v) is 5.82. The van der Waals surface area contributed by atoms with Crippen LogP contribution >= 0.6 is 11.6 Å². The minimum atomic E-state index is -0.462. The van der Waals surface area contributed by atoms with E-state index in [4.69, 9.17) is 16.3 Å². The number of ether oxygens (including phenoxy) is 1. The largest absolute Gasteiger partial charge is 0.455 e. The molecule has 3 aromatic rings. The number of carbonyl (C=O) groups excluding carboxylic acids is 2. The van der Waals surface area contributed by atoms with Crippen molar-refractivity contribution in [3.8, 4) is 0 Å². The number of benzene rings is 2. The minimum absolute atomic E-state index is 0.105. The highest BCUT2D eigenvalue weighted by molar-refractivity contribution is 6.30. The second kappa shape index (κ2) is 7.77. The number of hydrogen-bond acceptors (Lipinski definition) is 4. The number of hydrogen-bond donors (Lipinski definition) is 1. The van der Waals surface area contributed by atoms with Gasteiger partial charge >= 0.3 is 5.97 Å². The molecule has 126 valence electrons. The lowest BCUT2D eigenvalue weighted by Gasteiger charge is -2.08. The van der Waals surface area contributed by atoms with Gasteiger partial charge in [-0.2, -0.15) is 0 Å². The smallest absolute Gasteiger partial charge is 0.310 e. The van der Waals surface area contributed by atoms with Gasteiger partial charge in [0.2, 0.25) is 0 Å². The van der Waals surface area contributed by atoms with Crippen LogP contribution in [0.25, 0.3) is 10.8 Å². The maximum atomic E-state index is 12.0. The first-order chi connectivity index (χ1) is 12.1. The Balaban J connectivity index is 1.55. The third-order valence-corrected chi connectivity index (χ3v) is 3.80. The Hall–Kier alpha value is -2.92. The van der Waals surface area contributed by atoms with E-state index in [9.17, 15) is 9.59 Å². The van der Waals surface area contributed by atoms with Gasteiger partial charge in [0.25, 0.3) is 5.91 Å². The van der Waals surface area contributed by atoms with Crippen molar-refractivity contribution in [1.82, 2.24) is 4.98 Å². The molecule has 0 radical (unpaired) electrons. The fourth-order valence-corrected chi connectivity index (χ4v) is 2.54.